The van der Waals surface area contributed by atoms with Crippen LogP contribution in [0.2, 0.25) is 0 Å². The van der Waals surface area contributed by atoms with Crippen LogP contribution in [0.5, 0.6) is 5.75 Å². The molecule has 1 amide bonds. The highest BCUT2D eigenvalue weighted by Crippen LogP contribution is 2.21. The van der Waals surface area contributed by atoms with Crippen molar-refractivity contribution in [2.75, 3.05) is 5.32 Å². The van der Waals surface area contributed by atoms with Gasteiger partial charge >= 0.3 is 0 Å². The van der Waals surface area contributed by atoms with Crippen molar-refractivity contribution in [3.8, 4) is 5.75 Å². The zero-order valence-corrected chi connectivity index (χ0v) is 21.1. The number of aromatic nitrogens is 2. The maximum absolute atomic E-state index is 12.6. The Labute approximate surface area is 205 Å². The minimum Gasteiger partial charge on any atom is -0.458 e. The molecule has 1 aromatic heterocycles. The first-order chi connectivity index (χ1) is 16.6. The van der Waals surface area contributed by atoms with E-state index in [1.165, 1.54) is 16.8 Å². The second kappa shape index (κ2) is 11.0. The van der Waals surface area contributed by atoms with Gasteiger partial charge in [0.05, 0.1) is 16.3 Å². The molecule has 3 rings (SSSR count). The average Bonchev–Trinajstić information content (AvgIpc) is 3.14. The monoisotopic (exact) mass is 492 g/mol. The Balaban J connectivity index is 1.69. The number of carbonyl (C=O) groups excluding carboxylic acids is 1. The van der Waals surface area contributed by atoms with Gasteiger partial charge in [0.15, 0.2) is 0 Å². The summed E-state index contributed by atoms with van der Waals surface area (Å²) in [5.74, 6) is 0.708. The van der Waals surface area contributed by atoms with Gasteiger partial charge in [0.25, 0.3) is 15.9 Å². The van der Waals surface area contributed by atoms with Gasteiger partial charge in [0.1, 0.15) is 17.2 Å². The molecule has 1 heterocycles. The maximum Gasteiger partial charge on any atom is 0.282 e. The first kappa shape index (κ1) is 25.6. The van der Waals surface area contributed by atoms with Gasteiger partial charge in [-0.15, -0.1) is 0 Å². The Morgan fingerprint density at radius 2 is 1.80 bits per heavy atom. The van der Waals surface area contributed by atoms with Gasteiger partial charge in [0, 0.05) is 18.8 Å². The lowest BCUT2D eigenvalue weighted by Crippen LogP contribution is -2.16. The third-order valence-corrected chi connectivity index (χ3v) is 6.31. The minimum atomic E-state index is -3.80. The zero-order valence-electron chi connectivity index (χ0n) is 20.3. The predicted molar refractivity (Wildman–Crippen MR) is 137 cm³/mol. The van der Waals surface area contributed by atoms with Crippen LogP contribution in [0, 0.1) is 13.8 Å². The average molecular weight is 493 g/mol. The van der Waals surface area contributed by atoms with Crippen LogP contribution in [0.25, 0.3) is 0 Å². The van der Waals surface area contributed by atoms with Crippen LogP contribution < -0.4 is 10.1 Å². The number of aryl methyl sites for hydroxylation is 3. The summed E-state index contributed by atoms with van der Waals surface area (Å²) in [7, 11) is -2.09. The molecule has 1 N–H and O–H groups in total. The summed E-state index contributed by atoms with van der Waals surface area (Å²) in [5.41, 5.74) is 3.04. The van der Waals surface area contributed by atoms with Gasteiger partial charge in [-0.25, -0.2) is 0 Å². The topological polar surface area (TPSA) is 103 Å². The molecule has 182 valence electrons. The van der Waals surface area contributed by atoms with Gasteiger partial charge in [-0.2, -0.15) is 17.9 Å². The Morgan fingerprint density at radius 3 is 2.43 bits per heavy atom. The van der Waals surface area contributed by atoms with Crippen LogP contribution in [0.3, 0.4) is 0 Å². The molecule has 0 aliphatic rings. The molecule has 3 aromatic rings. The van der Waals surface area contributed by atoms with E-state index in [-0.39, 0.29) is 10.8 Å². The Kier molecular flexibility index (Phi) is 8.03. The fourth-order valence-electron chi connectivity index (χ4n) is 3.17. The third-order valence-electron chi connectivity index (χ3n) is 4.92. The molecule has 0 unspecified atom stereocenters. The largest absolute Gasteiger partial charge is 0.458 e. The number of nitrogens with one attached hydrogen (secondary N) is 1. The molecule has 0 fully saturated rings. The second-order valence-electron chi connectivity index (χ2n) is 7.92. The van der Waals surface area contributed by atoms with Crippen LogP contribution in [-0.2, 0) is 17.1 Å². The van der Waals surface area contributed by atoms with Crippen LogP contribution in [0.1, 0.15) is 35.6 Å². The van der Waals surface area contributed by atoms with Crippen molar-refractivity contribution in [1.82, 2.24) is 9.78 Å². The van der Waals surface area contributed by atoms with Crippen LogP contribution in [-0.4, -0.2) is 29.8 Å². The highest BCUT2D eigenvalue weighted by atomic mass is 32.2. The van der Waals surface area contributed by atoms with Crippen molar-refractivity contribution in [3.05, 3.63) is 95.5 Å². The quantitative estimate of drug-likeness (QED) is 0.271. The van der Waals surface area contributed by atoms with Gasteiger partial charge in [-0.05, 0) is 76.3 Å². The smallest absolute Gasteiger partial charge is 0.282 e. The van der Waals surface area contributed by atoms with E-state index in [0.717, 1.165) is 11.3 Å². The lowest BCUT2D eigenvalue weighted by atomic mass is 10.2. The first-order valence-electron chi connectivity index (χ1n) is 10.9. The molecule has 0 saturated heterocycles. The molecule has 0 saturated carbocycles. The third kappa shape index (κ3) is 7.00. The van der Waals surface area contributed by atoms with Gasteiger partial charge in [0.2, 0.25) is 0 Å². The second-order valence-corrected chi connectivity index (χ2v) is 9.53. The van der Waals surface area contributed by atoms with E-state index in [1.54, 1.807) is 81.6 Å². The number of ether oxygens (including phenoxy) is 1. The lowest BCUT2D eigenvalue weighted by molar-refractivity contribution is 0.101. The SMILES string of the molecule is C\C=C(/C=C\C(C)=N\S(=O)(=O)c1ccc(C)cc1)Oc1cccc(NC(=O)c2cc(C)nn2C)c1. The molecule has 0 aliphatic heterocycles. The minimum absolute atomic E-state index is 0.138. The van der Waals surface area contributed by atoms with E-state index in [4.69, 9.17) is 4.74 Å². The number of sulfonamides is 1. The summed E-state index contributed by atoms with van der Waals surface area (Å²) in [6.45, 7) is 7.11. The Bertz CT molecular complexity index is 1420. The van der Waals surface area contributed by atoms with Crippen molar-refractivity contribution in [2.24, 2.45) is 11.4 Å². The molecule has 0 atom stereocenters. The molecular weight excluding hydrogens is 464 g/mol. The zero-order chi connectivity index (χ0) is 25.6. The molecule has 9 heteroatoms. The summed E-state index contributed by atoms with van der Waals surface area (Å²) in [6.07, 6.45) is 4.94. The number of carbonyl (C=O) groups is 1. The van der Waals surface area contributed by atoms with E-state index in [2.05, 4.69) is 14.8 Å². The summed E-state index contributed by atoms with van der Waals surface area (Å²) in [6, 6.07) is 15.2. The number of amides is 1. The van der Waals surface area contributed by atoms with E-state index in [0.29, 0.717) is 28.6 Å². The molecule has 2 aromatic carbocycles. The van der Waals surface area contributed by atoms with Crippen molar-refractivity contribution < 1.29 is 17.9 Å². The summed E-state index contributed by atoms with van der Waals surface area (Å²) >= 11 is 0. The molecular formula is C26H28N4O4S. The number of anilines is 1. The van der Waals surface area contributed by atoms with Crippen molar-refractivity contribution in [3.63, 3.8) is 0 Å². The summed E-state index contributed by atoms with van der Waals surface area (Å²) in [4.78, 5) is 12.7. The predicted octanol–water partition coefficient (Wildman–Crippen LogP) is 4.98. The van der Waals surface area contributed by atoms with Crippen molar-refractivity contribution in [2.45, 2.75) is 32.6 Å². The van der Waals surface area contributed by atoms with Crippen LogP contribution >= 0.6 is 0 Å². The molecule has 8 nitrogen and oxygen atoms in total. The fraction of sp³-hybridized carbons (Fsp3) is 0.192. The molecule has 0 aliphatic carbocycles. The highest BCUT2D eigenvalue weighted by Gasteiger charge is 2.13. The number of benzene rings is 2. The lowest BCUT2D eigenvalue weighted by Gasteiger charge is -2.09. The number of hydrogen-bond acceptors (Lipinski definition) is 5. The van der Waals surface area contributed by atoms with Crippen LogP contribution in [0.4, 0.5) is 5.69 Å². The van der Waals surface area contributed by atoms with Gasteiger partial charge in [-0.3, -0.25) is 9.48 Å². The normalized spacial score (nSPS) is 12.7. The van der Waals surface area contributed by atoms with Crippen molar-refractivity contribution >= 4 is 27.3 Å². The first-order valence-corrected chi connectivity index (χ1v) is 12.3. The Hall–Kier alpha value is -3.98. The molecule has 0 radical (unpaired) electrons. The maximum atomic E-state index is 12.6. The standard InChI is InChI=1S/C26H28N4O4S/c1-6-22(13-12-19(3)29-35(32,33)24-14-10-18(2)11-15-24)34-23-9-7-8-21(17-23)27-26(31)25-16-20(4)28-30(25)5/h6-17H,1-5H3,(H,27,31)/b13-12-,22-6+,29-19+. The van der Waals surface area contributed by atoms with Gasteiger partial charge in [-0.1, -0.05) is 23.8 Å². The van der Waals surface area contributed by atoms with E-state index >= 15 is 0 Å². The summed E-state index contributed by atoms with van der Waals surface area (Å²) < 4.78 is 36.3. The summed E-state index contributed by atoms with van der Waals surface area (Å²) in [5, 5.41) is 7.02. The van der Waals surface area contributed by atoms with Crippen LogP contribution in [0.15, 0.2) is 87.9 Å². The number of nitrogens with zero attached hydrogens (tertiary/aromatic N) is 3. The van der Waals surface area contributed by atoms with E-state index in [1.807, 2.05) is 13.8 Å². The Morgan fingerprint density at radius 1 is 1.09 bits per heavy atom. The van der Waals surface area contributed by atoms with Gasteiger partial charge < -0.3 is 10.1 Å². The molecule has 0 spiro atoms. The van der Waals surface area contributed by atoms with E-state index in [9.17, 15) is 13.2 Å². The van der Waals surface area contributed by atoms with E-state index < -0.39 is 10.0 Å². The molecule has 0 bridgehead atoms. The number of hydrogen-bond donors (Lipinski definition) is 1. The fourth-order valence-corrected chi connectivity index (χ4v) is 4.19. The highest BCUT2D eigenvalue weighted by molar-refractivity contribution is 7.90. The number of allylic oxidation sites excluding steroid dienone is 3. The van der Waals surface area contributed by atoms with Crippen molar-refractivity contribution in [1.29, 1.82) is 0 Å². The molecule has 35 heavy (non-hydrogen) atoms. The number of rotatable bonds is 8.